The number of hydrogen-bond acceptors (Lipinski definition) is 6. The van der Waals surface area contributed by atoms with Gasteiger partial charge in [-0.1, -0.05) is 146 Å². The molecule has 0 aliphatic rings. The Hall–Kier alpha value is -13.9. The van der Waals surface area contributed by atoms with Crippen molar-refractivity contribution in [3.63, 3.8) is 0 Å². The van der Waals surface area contributed by atoms with Crippen LogP contribution in [0.5, 0.6) is 0 Å². The number of furan rings is 3. The number of fused-ring (bicyclic) bond motifs is 18. The van der Waals surface area contributed by atoms with Crippen LogP contribution in [0, 0.1) is 0 Å². The van der Waals surface area contributed by atoms with Gasteiger partial charge in [-0.15, -0.1) is 0 Å². The largest absolute Gasteiger partial charge is 0.456 e. The Kier molecular flexibility index (Phi) is 12.0. The molecule has 0 saturated heterocycles. The highest BCUT2D eigenvalue weighted by atomic mass is 16.3. The molecule has 7 heterocycles. The lowest BCUT2D eigenvalue weighted by Gasteiger charge is -2.12. The van der Waals surface area contributed by atoms with Gasteiger partial charge < -0.3 is 27.0 Å². The van der Waals surface area contributed by atoms with Crippen molar-refractivity contribution >= 4 is 131 Å². The van der Waals surface area contributed by atoms with Gasteiger partial charge in [0, 0.05) is 98.4 Å². The summed E-state index contributed by atoms with van der Waals surface area (Å²) < 4.78 is 25.7. The van der Waals surface area contributed by atoms with Crippen molar-refractivity contribution in [3.8, 4) is 84.6 Å². The minimum Gasteiger partial charge on any atom is -0.456 e. The van der Waals surface area contributed by atoms with E-state index in [-0.39, 0.29) is 0 Å². The fourth-order valence-electron chi connectivity index (χ4n) is 16.1. The monoisotopic (exact) mass is 1300 g/mol. The molecular weight excluding hydrogens is 1250 g/mol. The molecular formula is C93H54N6O3. The third-order valence-electron chi connectivity index (χ3n) is 20.9. The maximum atomic E-state index is 6.22. The summed E-state index contributed by atoms with van der Waals surface area (Å²) in [7, 11) is 0. The summed E-state index contributed by atoms with van der Waals surface area (Å²) >= 11 is 0. The molecule has 7 aromatic heterocycles. The molecule has 0 N–H and O–H groups in total. The van der Waals surface area contributed by atoms with Gasteiger partial charge in [0.15, 0.2) is 17.5 Å². The third-order valence-corrected chi connectivity index (χ3v) is 20.9. The predicted molar refractivity (Wildman–Crippen MR) is 417 cm³/mol. The predicted octanol–water partition coefficient (Wildman–Crippen LogP) is 24.9. The van der Waals surface area contributed by atoms with Crippen molar-refractivity contribution in [2.24, 2.45) is 0 Å². The van der Waals surface area contributed by atoms with E-state index in [2.05, 4.69) is 305 Å². The number of nitrogens with zero attached hydrogens (tertiary/aromatic N) is 6. The number of rotatable bonds is 9. The van der Waals surface area contributed by atoms with Crippen LogP contribution in [0.1, 0.15) is 0 Å². The molecule has 0 unspecified atom stereocenters. The minimum atomic E-state index is 0.570. The SMILES string of the molecule is c1ccc2c(c1)oc1ccc(-c3ccc4c(c3)c3ccccc3n4-c3ccc(-c4nc(-c5ccc(-n6c7ccccc7c7cc(-c8ccc9oc%10ccccc%10c9c8)ccc76)cc5)nc(-c5ccc(-n6c7ccccc7c7cc(-c8ccc9oc%10ccccc%10c9c8)ccc76)cc5)n4)cc3)cc12. The molecule has 0 atom stereocenters. The van der Waals surface area contributed by atoms with Gasteiger partial charge in [-0.05, 0) is 215 Å². The lowest BCUT2D eigenvalue weighted by Crippen LogP contribution is -2.01. The van der Waals surface area contributed by atoms with Crippen molar-refractivity contribution in [2.45, 2.75) is 0 Å². The summed E-state index contributed by atoms with van der Waals surface area (Å²) in [5.74, 6) is 1.71. The van der Waals surface area contributed by atoms with Crippen molar-refractivity contribution in [1.82, 2.24) is 28.7 Å². The van der Waals surface area contributed by atoms with Gasteiger partial charge in [-0.25, -0.2) is 15.0 Å². The molecule has 0 fully saturated rings. The van der Waals surface area contributed by atoms with Crippen LogP contribution in [-0.4, -0.2) is 28.7 Å². The first-order chi connectivity index (χ1) is 50.5. The van der Waals surface area contributed by atoms with E-state index in [1.165, 1.54) is 32.3 Å². The first kappa shape index (κ1) is 56.2. The van der Waals surface area contributed by atoms with Gasteiger partial charge in [0.2, 0.25) is 0 Å². The van der Waals surface area contributed by atoms with E-state index in [0.717, 1.165) is 166 Å². The molecule has 0 bridgehead atoms. The van der Waals surface area contributed by atoms with Gasteiger partial charge in [0.05, 0.1) is 33.1 Å². The topological polar surface area (TPSA) is 92.9 Å². The van der Waals surface area contributed by atoms with E-state index in [1.54, 1.807) is 0 Å². The Balaban J connectivity index is 0.641. The third kappa shape index (κ3) is 8.68. The first-order valence-electron chi connectivity index (χ1n) is 34.4. The summed E-state index contributed by atoms with van der Waals surface area (Å²) in [6, 6.07) is 117. The van der Waals surface area contributed by atoms with E-state index >= 15 is 0 Å². The second kappa shape index (κ2) is 21.8. The molecule has 0 radical (unpaired) electrons. The van der Waals surface area contributed by atoms with Crippen LogP contribution in [0.3, 0.4) is 0 Å². The van der Waals surface area contributed by atoms with Crippen molar-refractivity contribution < 1.29 is 13.3 Å². The second-order valence-electron chi connectivity index (χ2n) is 26.6. The molecule has 0 spiro atoms. The maximum Gasteiger partial charge on any atom is 0.164 e. The van der Waals surface area contributed by atoms with Crippen LogP contribution in [0.2, 0.25) is 0 Å². The standard InChI is InChI=1S/C93H54N6O3/c1-7-19-79-67(13-1)73-49-58(61-34-46-88-76(52-61)70-16-4-10-22-85(70)100-88)31-43-82(73)97(79)64-37-25-55(26-38-64)91-94-92(56-27-39-65(40-28-56)98-80-20-8-2-14-68(80)74-50-59(32-44-83(74)98)62-35-47-89-77(53-62)71-17-5-11-23-86(71)101-89)96-93(95-91)57-29-41-66(42-30-57)99-81-21-9-3-15-69(81)75-51-60(33-45-84(75)99)63-36-48-90-78(54-63)72-18-6-12-24-87(72)102-90/h1-54H. The minimum absolute atomic E-state index is 0.570. The van der Waals surface area contributed by atoms with Gasteiger partial charge >= 0.3 is 0 Å². The number of benzene rings is 15. The maximum absolute atomic E-state index is 6.22. The van der Waals surface area contributed by atoms with E-state index in [9.17, 15) is 0 Å². The lowest BCUT2D eigenvalue weighted by molar-refractivity contribution is 0.668. The fourth-order valence-corrected chi connectivity index (χ4v) is 16.1. The quantitative estimate of drug-likeness (QED) is 0.143. The summed E-state index contributed by atoms with van der Waals surface area (Å²) in [6.07, 6.45) is 0. The van der Waals surface area contributed by atoms with Gasteiger partial charge in [-0.3, -0.25) is 0 Å². The van der Waals surface area contributed by atoms with Gasteiger partial charge in [0.25, 0.3) is 0 Å². The molecule has 0 aliphatic carbocycles. The molecule has 0 amide bonds. The van der Waals surface area contributed by atoms with E-state index in [0.29, 0.717) is 17.5 Å². The van der Waals surface area contributed by atoms with Gasteiger partial charge in [0.1, 0.15) is 33.5 Å². The Morgan fingerprint density at radius 3 is 0.676 bits per heavy atom. The zero-order valence-electron chi connectivity index (χ0n) is 54.6. The Morgan fingerprint density at radius 1 is 0.167 bits per heavy atom. The fraction of sp³-hybridized carbons (Fsp3) is 0. The van der Waals surface area contributed by atoms with Crippen LogP contribution in [0.15, 0.2) is 341 Å². The molecule has 9 nitrogen and oxygen atoms in total. The first-order valence-corrected chi connectivity index (χ1v) is 34.4. The number of para-hydroxylation sites is 6. The van der Waals surface area contributed by atoms with Crippen LogP contribution < -0.4 is 0 Å². The summed E-state index contributed by atoms with van der Waals surface area (Å²) in [6.45, 7) is 0. The highest BCUT2D eigenvalue weighted by Crippen LogP contribution is 2.43. The molecule has 0 aliphatic heterocycles. The highest BCUT2D eigenvalue weighted by molar-refractivity contribution is 6.15. The van der Waals surface area contributed by atoms with Crippen molar-refractivity contribution in [1.29, 1.82) is 0 Å². The summed E-state index contributed by atoms with van der Waals surface area (Å²) in [5.41, 5.74) is 24.6. The van der Waals surface area contributed by atoms with E-state index in [4.69, 9.17) is 28.2 Å². The second-order valence-corrected chi connectivity index (χ2v) is 26.6. The van der Waals surface area contributed by atoms with Crippen LogP contribution in [-0.2, 0) is 0 Å². The number of aromatic nitrogens is 6. The van der Waals surface area contributed by atoms with Gasteiger partial charge in [-0.2, -0.15) is 0 Å². The van der Waals surface area contributed by atoms with Crippen LogP contribution >= 0.6 is 0 Å². The smallest absolute Gasteiger partial charge is 0.164 e. The molecule has 474 valence electrons. The Labute approximate surface area is 581 Å². The van der Waals surface area contributed by atoms with Crippen molar-refractivity contribution in [3.05, 3.63) is 328 Å². The average Bonchev–Trinajstić information content (AvgIpc) is 1.59. The molecule has 9 heteroatoms. The van der Waals surface area contributed by atoms with Crippen LogP contribution in [0.25, 0.3) is 216 Å². The normalized spacial score (nSPS) is 12.1. The van der Waals surface area contributed by atoms with E-state index < -0.39 is 0 Å². The molecule has 0 saturated carbocycles. The summed E-state index contributed by atoms with van der Waals surface area (Å²) in [5, 5.41) is 13.8. The summed E-state index contributed by atoms with van der Waals surface area (Å²) in [4.78, 5) is 16.0. The number of hydrogen-bond donors (Lipinski definition) is 0. The zero-order chi connectivity index (χ0) is 66.7. The molecule has 102 heavy (non-hydrogen) atoms. The van der Waals surface area contributed by atoms with Crippen molar-refractivity contribution in [2.75, 3.05) is 0 Å². The Bertz CT molecular complexity index is 6550. The molecule has 22 rings (SSSR count). The van der Waals surface area contributed by atoms with E-state index in [1.807, 2.05) is 36.4 Å². The highest BCUT2D eigenvalue weighted by Gasteiger charge is 2.22. The Morgan fingerprint density at radius 2 is 0.382 bits per heavy atom. The molecule has 22 aromatic rings. The molecule has 15 aromatic carbocycles. The average molecular weight is 1300 g/mol. The lowest BCUT2D eigenvalue weighted by atomic mass is 10.0. The zero-order valence-corrected chi connectivity index (χ0v) is 54.6. The van der Waals surface area contributed by atoms with Crippen LogP contribution in [0.4, 0.5) is 0 Å².